The van der Waals surface area contributed by atoms with E-state index in [-0.39, 0.29) is 29.6 Å². The topological polar surface area (TPSA) is 139 Å². The summed E-state index contributed by atoms with van der Waals surface area (Å²) in [7, 11) is 0. The van der Waals surface area contributed by atoms with Gasteiger partial charge in [0.2, 0.25) is 11.8 Å². The van der Waals surface area contributed by atoms with Crippen LogP contribution in [0.4, 0.5) is 17.1 Å². The Morgan fingerprint density at radius 3 is 2.44 bits per heavy atom. The molecule has 0 saturated carbocycles. The number of carbonyl (C=O) groups excluding carboxylic acids is 2. The van der Waals surface area contributed by atoms with Crippen LogP contribution in [-0.2, 0) is 11.3 Å². The van der Waals surface area contributed by atoms with Crippen molar-refractivity contribution in [3.05, 3.63) is 94.0 Å². The molecule has 1 aromatic heterocycles. The van der Waals surface area contributed by atoms with Gasteiger partial charge in [0.15, 0.2) is 5.69 Å². The van der Waals surface area contributed by atoms with Crippen molar-refractivity contribution >= 4 is 39.8 Å². The second-order valence-electron chi connectivity index (χ2n) is 7.47. The number of aryl methyl sites for hydroxylation is 1. The van der Waals surface area contributed by atoms with Crippen molar-refractivity contribution in [1.82, 2.24) is 4.57 Å². The van der Waals surface area contributed by atoms with Crippen LogP contribution in [0.3, 0.4) is 0 Å². The number of nitro groups is 1. The highest BCUT2D eigenvalue weighted by molar-refractivity contribution is 6.00. The predicted molar refractivity (Wildman–Crippen MR) is 125 cm³/mol. The zero-order chi connectivity index (χ0) is 24.2. The van der Waals surface area contributed by atoms with Crippen LogP contribution in [0.15, 0.2) is 83.0 Å². The third-order valence-electron chi connectivity index (χ3n) is 5.13. The number of carbonyl (C=O) groups is 2. The maximum atomic E-state index is 12.6. The number of aromatic nitrogens is 1. The molecule has 0 spiro atoms. The summed E-state index contributed by atoms with van der Waals surface area (Å²) < 4.78 is 1.35. The number of azo groups is 1. The Morgan fingerprint density at radius 2 is 1.71 bits per heavy atom. The summed E-state index contributed by atoms with van der Waals surface area (Å²) in [6.45, 7) is 1.72. The number of amides is 2. The summed E-state index contributed by atoms with van der Waals surface area (Å²) in [6.07, 6.45) is 0. The number of hydrogen-bond acceptors (Lipinski definition) is 6. The van der Waals surface area contributed by atoms with Gasteiger partial charge in [0.25, 0.3) is 5.69 Å². The van der Waals surface area contributed by atoms with Crippen LogP contribution >= 0.6 is 0 Å². The number of nitrogens with zero attached hydrogens (tertiary/aromatic N) is 4. The smallest absolute Gasteiger partial charge is 0.302 e. The molecule has 0 aliphatic rings. The zero-order valence-electron chi connectivity index (χ0n) is 18.0. The summed E-state index contributed by atoms with van der Waals surface area (Å²) in [5.41, 5.74) is 1.53. The van der Waals surface area contributed by atoms with Gasteiger partial charge in [-0.15, -0.1) is 10.2 Å². The molecule has 0 unspecified atom stereocenters. The minimum Gasteiger partial charge on any atom is -0.493 e. The van der Waals surface area contributed by atoms with Crippen LogP contribution in [-0.4, -0.2) is 26.4 Å². The van der Waals surface area contributed by atoms with Gasteiger partial charge >= 0.3 is 5.91 Å². The average Bonchev–Trinajstić information content (AvgIpc) is 3.09. The molecular formula is C24H19N5O5. The van der Waals surface area contributed by atoms with E-state index in [9.17, 15) is 24.8 Å². The van der Waals surface area contributed by atoms with Crippen molar-refractivity contribution in [2.45, 2.75) is 13.5 Å². The number of fused-ring (bicyclic) bond motifs is 1. The standard InChI is InChI=1S/C24H19N5O5/c1-15-10-12-16(13-11-15)25-21(30)14-28-19-8-4-2-6-17(19)22(24(28)32)26-27-23(31)18-7-3-5-9-20(18)29(33)34/h2-13,32H,14H2,1H3,(H,25,30). The van der Waals surface area contributed by atoms with Gasteiger partial charge < -0.3 is 15.0 Å². The van der Waals surface area contributed by atoms with Crippen LogP contribution in [0, 0.1) is 17.0 Å². The Bertz CT molecular complexity index is 1440. The highest BCUT2D eigenvalue weighted by Crippen LogP contribution is 2.39. The lowest BCUT2D eigenvalue weighted by atomic mass is 10.2. The Balaban J connectivity index is 1.64. The van der Waals surface area contributed by atoms with E-state index in [1.165, 1.54) is 28.8 Å². The molecule has 0 aliphatic heterocycles. The van der Waals surface area contributed by atoms with Crippen LogP contribution in [0.5, 0.6) is 5.88 Å². The lowest BCUT2D eigenvalue weighted by Crippen LogP contribution is -2.18. The Hall–Kier alpha value is -4.86. The van der Waals surface area contributed by atoms with Crippen molar-refractivity contribution < 1.29 is 19.6 Å². The molecular weight excluding hydrogens is 438 g/mol. The molecule has 0 saturated heterocycles. The third-order valence-corrected chi connectivity index (χ3v) is 5.13. The Labute approximate surface area is 193 Å². The molecule has 4 aromatic rings. The summed E-state index contributed by atoms with van der Waals surface area (Å²) >= 11 is 0. The van der Waals surface area contributed by atoms with E-state index in [1.54, 1.807) is 36.4 Å². The molecule has 1 heterocycles. The summed E-state index contributed by atoms with van der Waals surface area (Å²) in [4.78, 5) is 35.6. The largest absolute Gasteiger partial charge is 0.493 e. The highest BCUT2D eigenvalue weighted by atomic mass is 16.6. The van der Waals surface area contributed by atoms with E-state index in [0.29, 0.717) is 16.6 Å². The number of para-hydroxylation sites is 2. The van der Waals surface area contributed by atoms with Crippen molar-refractivity contribution in [1.29, 1.82) is 0 Å². The first-order valence-electron chi connectivity index (χ1n) is 10.2. The fourth-order valence-corrected chi connectivity index (χ4v) is 3.47. The number of aromatic hydroxyl groups is 1. The summed E-state index contributed by atoms with van der Waals surface area (Å²) in [5, 5.41) is 32.7. The maximum absolute atomic E-state index is 12.6. The van der Waals surface area contributed by atoms with Crippen molar-refractivity contribution in [3.8, 4) is 5.88 Å². The number of hydrogen-bond donors (Lipinski definition) is 2. The van der Waals surface area contributed by atoms with Gasteiger partial charge in [-0.3, -0.25) is 19.7 Å². The van der Waals surface area contributed by atoms with Gasteiger partial charge in [0, 0.05) is 17.1 Å². The Kier molecular flexibility index (Phi) is 6.13. The van der Waals surface area contributed by atoms with Crippen molar-refractivity contribution in [2.24, 2.45) is 10.2 Å². The highest BCUT2D eigenvalue weighted by Gasteiger charge is 2.21. The lowest BCUT2D eigenvalue weighted by molar-refractivity contribution is -0.385. The van der Waals surface area contributed by atoms with E-state index in [4.69, 9.17) is 0 Å². The van der Waals surface area contributed by atoms with Gasteiger partial charge in [-0.25, -0.2) is 0 Å². The number of rotatable bonds is 6. The van der Waals surface area contributed by atoms with Crippen LogP contribution in [0.2, 0.25) is 0 Å². The molecule has 0 aliphatic carbocycles. The van der Waals surface area contributed by atoms with Crippen LogP contribution < -0.4 is 5.32 Å². The van der Waals surface area contributed by atoms with E-state index < -0.39 is 16.5 Å². The fourth-order valence-electron chi connectivity index (χ4n) is 3.47. The minimum atomic E-state index is -0.930. The SMILES string of the molecule is Cc1ccc(NC(=O)Cn2c(O)c(N=NC(=O)c3ccccc3[N+](=O)[O-])c3ccccc32)cc1. The Morgan fingerprint density at radius 1 is 1.03 bits per heavy atom. The van der Waals surface area contributed by atoms with Gasteiger partial charge in [-0.05, 0) is 31.2 Å². The molecule has 10 nitrogen and oxygen atoms in total. The first-order chi connectivity index (χ1) is 16.3. The molecule has 3 aromatic carbocycles. The van der Waals surface area contributed by atoms with Gasteiger partial charge in [0.05, 0.1) is 10.4 Å². The van der Waals surface area contributed by atoms with Crippen molar-refractivity contribution in [3.63, 3.8) is 0 Å². The number of anilines is 1. The van der Waals surface area contributed by atoms with E-state index in [0.717, 1.165) is 5.56 Å². The summed E-state index contributed by atoms with van der Waals surface area (Å²) in [5.74, 6) is -1.67. The number of nitro benzene ring substituents is 1. The van der Waals surface area contributed by atoms with E-state index in [2.05, 4.69) is 15.5 Å². The van der Waals surface area contributed by atoms with Crippen LogP contribution in [0.25, 0.3) is 10.9 Å². The molecule has 170 valence electrons. The average molecular weight is 457 g/mol. The van der Waals surface area contributed by atoms with E-state index in [1.807, 2.05) is 19.1 Å². The number of benzene rings is 3. The molecule has 0 atom stereocenters. The molecule has 0 fully saturated rings. The molecule has 0 radical (unpaired) electrons. The molecule has 4 rings (SSSR count). The van der Waals surface area contributed by atoms with Crippen LogP contribution in [0.1, 0.15) is 15.9 Å². The molecule has 34 heavy (non-hydrogen) atoms. The summed E-state index contributed by atoms with van der Waals surface area (Å²) in [6, 6.07) is 19.5. The third kappa shape index (κ3) is 4.51. The molecule has 2 amide bonds. The first-order valence-corrected chi connectivity index (χ1v) is 10.2. The second kappa shape index (κ2) is 9.33. The normalized spacial score (nSPS) is 11.1. The lowest BCUT2D eigenvalue weighted by Gasteiger charge is -2.08. The molecule has 10 heteroatoms. The van der Waals surface area contributed by atoms with Crippen molar-refractivity contribution in [2.75, 3.05) is 5.32 Å². The molecule has 2 N–H and O–H groups in total. The second-order valence-corrected chi connectivity index (χ2v) is 7.47. The van der Waals surface area contributed by atoms with Gasteiger partial charge in [0.1, 0.15) is 12.1 Å². The first kappa shape index (κ1) is 22.3. The minimum absolute atomic E-state index is 0.0225. The van der Waals surface area contributed by atoms with Gasteiger partial charge in [-0.2, -0.15) is 0 Å². The van der Waals surface area contributed by atoms with E-state index >= 15 is 0 Å². The maximum Gasteiger partial charge on any atom is 0.302 e. The number of nitrogens with one attached hydrogen (secondary N) is 1. The van der Waals surface area contributed by atoms with Gasteiger partial charge in [-0.1, -0.05) is 48.0 Å². The zero-order valence-corrected chi connectivity index (χ0v) is 18.0. The monoisotopic (exact) mass is 457 g/mol. The molecule has 0 bridgehead atoms. The quantitative estimate of drug-likeness (QED) is 0.235. The fraction of sp³-hybridized carbons (Fsp3) is 0.0833. The predicted octanol–water partition coefficient (Wildman–Crippen LogP) is 5.13.